The summed E-state index contributed by atoms with van der Waals surface area (Å²) in [6.45, 7) is 7.40. The fourth-order valence-electron chi connectivity index (χ4n) is 3.39. The van der Waals surface area contributed by atoms with E-state index in [0.717, 1.165) is 0 Å². The van der Waals surface area contributed by atoms with Crippen LogP contribution in [0.1, 0.15) is 52.7 Å². The van der Waals surface area contributed by atoms with E-state index in [-0.39, 0.29) is 18.3 Å². The number of thioether (sulfide) groups is 1. The predicted molar refractivity (Wildman–Crippen MR) is 136 cm³/mol. The second-order valence-electron chi connectivity index (χ2n) is 9.13. The average molecular weight is 513 g/mol. The molecule has 7 N–H and O–H groups in total. The van der Waals surface area contributed by atoms with Gasteiger partial charge in [0.1, 0.15) is 18.1 Å². The molecule has 1 rings (SSSR count). The Hall–Kier alpha value is -2.60. The van der Waals surface area contributed by atoms with Crippen molar-refractivity contribution >= 4 is 35.5 Å². The molecule has 0 fully saturated rings. The number of hydrogen-bond acceptors (Lipinski definition) is 7. The molecule has 12 heteroatoms. The Kier molecular flexibility index (Phi) is 13.4. The van der Waals surface area contributed by atoms with E-state index in [1.165, 1.54) is 12.5 Å². The molecule has 11 nitrogen and oxygen atoms in total. The number of H-pyrrole nitrogens is 1. The molecular weight excluding hydrogens is 472 g/mol. The van der Waals surface area contributed by atoms with Gasteiger partial charge in [-0.2, -0.15) is 11.8 Å². The van der Waals surface area contributed by atoms with Gasteiger partial charge in [0.25, 0.3) is 0 Å². The van der Waals surface area contributed by atoms with Gasteiger partial charge in [-0.1, -0.05) is 34.1 Å². The number of nitrogens with zero attached hydrogens (tertiary/aromatic N) is 1. The van der Waals surface area contributed by atoms with Crippen LogP contribution in [0, 0.1) is 11.8 Å². The van der Waals surface area contributed by atoms with Gasteiger partial charge in [0.15, 0.2) is 0 Å². The number of aromatic amines is 1. The average Bonchev–Trinajstić information content (AvgIpc) is 3.31. The Balaban J connectivity index is 3.06. The van der Waals surface area contributed by atoms with Crippen molar-refractivity contribution in [3.05, 3.63) is 18.2 Å². The van der Waals surface area contributed by atoms with Crippen molar-refractivity contribution in [2.24, 2.45) is 17.6 Å². The van der Waals surface area contributed by atoms with Crippen LogP contribution in [0.3, 0.4) is 0 Å². The molecule has 3 amide bonds. The van der Waals surface area contributed by atoms with Gasteiger partial charge in [0.2, 0.25) is 17.7 Å². The summed E-state index contributed by atoms with van der Waals surface area (Å²) in [7, 11) is 0. The molecule has 0 bridgehead atoms. The number of nitrogens with one attached hydrogen (secondary N) is 4. The maximum absolute atomic E-state index is 13.2. The molecule has 5 unspecified atom stereocenters. The molecule has 0 saturated heterocycles. The lowest BCUT2D eigenvalue weighted by Crippen LogP contribution is -2.58. The fraction of sp³-hybridized carbons (Fsp3) is 0.696. The van der Waals surface area contributed by atoms with Crippen LogP contribution < -0.4 is 21.7 Å². The second-order valence-corrected chi connectivity index (χ2v) is 10.1. The number of imidazole rings is 1. The lowest BCUT2D eigenvalue weighted by Gasteiger charge is -2.27. The van der Waals surface area contributed by atoms with Crippen LogP contribution in [0.5, 0.6) is 0 Å². The lowest BCUT2D eigenvalue weighted by molar-refractivity contribution is -0.143. The number of carbonyl (C=O) groups is 4. The highest BCUT2D eigenvalue weighted by molar-refractivity contribution is 7.98. The van der Waals surface area contributed by atoms with E-state index in [1.807, 2.05) is 27.0 Å². The zero-order chi connectivity index (χ0) is 26.5. The SMILES string of the molecule is CCC(C)C(NC(=O)C(Cc1cnc[nH]1)NC(=O)C(CC(C)C)NC(=O)C(N)CCSC)C(=O)O. The molecule has 0 aliphatic rings. The van der Waals surface area contributed by atoms with E-state index >= 15 is 0 Å². The van der Waals surface area contributed by atoms with E-state index in [1.54, 1.807) is 18.7 Å². The van der Waals surface area contributed by atoms with E-state index < -0.39 is 47.9 Å². The molecule has 198 valence electrons. The molecular formula is C23H40N6O5S. The third kappa shape index (κ3) is 10.7. The first-order valence-electron chi connectivity index (χ1n) is 11.9. The summed E-state index contributed by atoms with van der Waals surface area (Å²) in [5.41, 5.74) is 6.55. The molecule has 0 spiro atoms. The van der Waals surface area contributed by atoms with Crippen molar-refractivity contribution in [3.8, 4) is 0 Å². The van der Waals surface area contributed by atoms with Crippen LogP contribution in [-0.2, 0) is 25.6 Å². The Bertz CT molecular complexity index is 819. The number of carboxylic acids is 1. The summed E-state index contributed by atoms with van der Waals surface area (Å²) in [6, 6.07) is -3.83. The maximum Gasteiger partial charge on any atom is 0.326 e. The van der Waals surface area contributed by atoms with Gasteiger partial charge >= 0.3 is 5.97 Å². The highest BCUT2D eigenvalue weighted by Crippen LogP contribution is 2.11. The maximum atomic E-state index is 13.2. The zero-order valence-corrected chi connectivity index (χ0v) is 22.0. The minimum atomic E-state index is -1.15. The minimum Gasteiger partial charge on any atom is -0.480 e. The van der Waals surface area contributed by atoms with Gasteiger partial charge in [0, 0.05) is 18.3 Å². The molecule has 1 heterocycles. The summed E-state index contributed by atoms with van der Waals surface area (Å²) in [5, 5.41) is 17.5. The van der Waals surface area contributed by atoms with Gasteiger partial charge in [-0.25, -0.2) is 9.78 Å². The van der Waals surface area contributed by atoms with Gasteiger partial charge in [-0.15, -0.1) is 0 Å². The van der Waals surface area contributed by atoms with Gasteiger partial charge in [0.05, 0.1) is 12.4 Å². The largest absolute Gasteiger partial charge is 0.480 e. The summed E-state index contributed by atoms with van der Waals surface area (Å²) in [6.07, 6.45) is 6.32. The highest BCUT2D eigenvalue weighted by Gasteiger charge is 2.32. The normalized spacial score (nSPS) is 15.5. The van der Waals surface area contributed by atoms with Crippen LogP contribution in [0.25, 0.3) is 0 Å². The number of aromatic nitrogens is 2. The number of amides is 3. The number of carboxylic acid groups (broad SMARTS) is 1. The van der Waals surface area contributed by atoms with Gasteiger partial charge in [-0.3, -0.25) is 14.4 Å². The smallest absolute Gasteiger partial charge is 0.326 e. The molecule has 0 aliphatic carbocycles. The highest BCUT2D eigenvalue weighted by atomic mass is 32.2. The lowest BCUT2D eigenvalue weighted by atomic mass is 9.98. The summed E-state index contributed by atoms with van der Waals surface area (Å²) >= 11 is 1.57. The van der Waals surface area contributed by atoms with Crippen LogP contribution >= 0.6 is 11.8 Å². The molecule has 5 atom stereocenters. The zero-order valence-electron chi connectivity index (χ0n) is 21.2. The number of carbonyl (C=O) groups excluding carboxylic acids is 3. The summed E-state index contributed by atoms with van der Waals surface area (Å²) < 4.78 is 0. The first-order chi connectivity index (χ1) is 16.5. The molecule has 0 radical (unpaired) electrons. The third-order valence-electron chi connectivity index (χ3n) is 5.70. The first kappa shape index (κ1) is 30.4. The number of rotatable bonds is 16. The van der Waals surface area contributed by atoms with Crippen molar-refractivity contribution in [2.75, 3.05) is 12.0 Å². The van der Waals surface area contributed by atoms with Gasteiger partial charge in [-0.05, 0) is 36.7 Å². The first-order valence-corrected chi connectivity index (χ1v) is 13.2. The van der Waals surface area contributed by atoms with Crippen molar-refractivity contribution in [3.63, 3.8) is 0 Å². The second kappa shape index (κ2) is 15.4. The summed E-state index contributed by atoms with van der Waals surface area (Å²) in [4.78, 5) is 57.4. The van der Waals surface area contributed by atoms with E-state index in [2.05, 4.69) is 25.9 Å². The third-order valence-corrected chi connectivity index (χ3v) is 6.34. The Morgan fingerprint density at radius 3 is 2.23 bits per heavy atom. The van der Waals surface area contributed by atoms with E-state index in [0.29, 0.717) is 30.7 Å². The molecule has 0 aliphatic heterocycles. The topological polar surface area (TPSA) is 179 Å². The Morgan fingerprint density at radius 2 is 1.71 bits per heavy atom. The summed E-state index contributed by atoms with van der Waals surface area (Å²) in [5.74, 6) is -2.28. The van der Waals surface area contributed by atoms with E-state index in [4.69, 9.17) is 5.73 Å². The molecule has 0 aromatic carbocycles. The fourth-order valence-corrected chi connectivity index (χ4v) is 3.88. The monoisotopic (exact) mass is 512 g/mol. The van der Waals surface area contributed by atoms with E-state index in [9.17, 15) is 24.3 Å². The van der Waals surface area contributed by atoms with Crippen LogP contribution in [0.15, 0.2) is 12.5 Å². The Morgan fingerprint density at radius 1 is 1.09 bits per heavy atom. The minimum absolute atomic E-state index is 0.0694. The van der Waals surface area contributed by atoms with Crippen molar-refractivity contribution in [1.29, 1.82) is 0 Å². The molecule has 1 aromatic heterocycles. The van der Waals surface area contributed by atoms with Crippen molar-refractivity contribution in [2.45, 2.75) is 77.5 Å². The Labute approximate surface area is 211 Å². The predicted octanol–water partition coefficient (Wildman–Crippen LogP) is 0.664. The number of nitrogens with two attached hydrogens (primary N) is 1. The molecule has 0 saturated carbocycles. The van der Waals surface area contributed by atoms with Crippen molar-refractivity contribution < 1.29 is 24.3 Å². The van der Waals surface area contributed by atoms with Crippen LogP contribution in [-0.4, -0.2) is 74.9 Å². The van der Waals surface area contributed by atoms with Crippen molar-refractivity contribution in [1.82, 2.24) is 25.9 Å². The van der Waals surface area contributed by atoms with Crippen LogP contribution in [0.2, 0.25) is 0 Å². The van der Waals surface area contributed by atoms with Gasteiger partial charge < -0.3 is 31.8 Å². The standard InChI is InChI=1S/C23H40N6O5S/c1-6-14(4)19(23(33)34)29-22(32)18(10-15-11-25-12-26-15)28-21(31)17(9-13(2)3)27-20(30)16(24)7-8-35-5/h11-14,16-19H,6-10,24H2,1-5H3,(H,25,26)(H,27,30)(H,28,31)(H,29,32)(H,33,34). The number of aliphatic carboxylic acids is 1. The number of hydrogen-bond donors (Lipinski definition) is 6. The molecule has 35 heavy (non-hydrogen) atoms. The molecule has 1 aromatic rings. The quantitative estimate of drug-likeness (QED) is 0.187. The van der Waals surface area contributed by atoms with Crippen LogP contribution in [0.4, 0.5) is 0 Å².